The van der Waals surface area contributed by atoms with E-state index < -0.39 is 23.4 Å². The number of amides is 1. The molecule has 2 N–H and O–H groups in total. The van der Waals surface area contributed by atoms with Crippen LogP contribution in [0, 0.1) is 24.4 Å². The lowest BCUT2D eigenvalue weighted by atomic mass is 10.2. The average Bonchev–Trinajstić information content (AvgIpc) is 3.21. The number of anilines is 1. The number of H-pyrrole nitrogens is 1. The number of aromatic amines is 1. The fourth-order valence-electron chi connectivity index (χ4n) is 2.49. The number of rotatable bonds is 4. The van der Waals surface area contributed by atoms with Gasteiger partial charge in [-0.1, -0.05) is 29.2 Å². The first-order chi connectivity index (χ1) is 12.9. The SMILES string of the molecule is Cc1ccc2nc(SCC(=O)Nc3nc4c(F)c(F)c(F)cc4s3)[nH]c2c1. The average molecular weight is 408 g/mol. The van der Waals surface area contributed by atoms with Gasteiger partial charge in [0, 0.05) is 0 Å². The fraction of sp³-hybridized carbons (Fsp3) is 0.118. The topological polar surface area (TPSA) is 70.7 Å². The van der Waals surface area contributed by atoms with Gasteiger partial charge in [0.2, 0.25) is 5.91 Å². The zero-order valence-corrected chi connectivity index (χ0v) is 15.4. The lowest BCUT2D eigenvalue weighted by Gasteiger charge is -1.99. The number of thioether (sulfide) groups is 1. The zero-order valence-electron chi connectivity index (χ0n) is 13.8. The van der Waals surface area contributed by atoms with Gasteiger partial charge in [-0.05, 0) is 30.7 Å². The number of nitrogens with one attached hydrogen (secondary N) is 2. The first-order valence-electron chi connectivity index (χ1n) is 7.74. The molecule has 0 radical (unpaired) electrons. The molecular weight excluding hydrogens is 397 g/mol. The lowest BCUT2D eigenvalue weighted by Crippen LogP contribution is -2.13. The summed E-state index contributed by atoms with van der Waals surface area (Å²) in [4.78, 5) is 23.4. The van der Waals surface area contributed by atoms with Crippen molar-refractivity contribution in [1.82, 2.24) is 15.0 Å². The van der Waals surface area contributed by atoms with E-state index in [1.807, 2.05) is 25.1 Å². The van der Waals surface area contributed by atoms with Crippen molar-refractivity contribution in [1.29, 1.82) is 0 Å². The van der Waals surface area contributed by atoms with Crippen LogP contribution >= 0.6 is 23.1 Å². The molecule has 0 aliphatic carbocycles. The number of aromatic nitrogens is 3. The molecule has 5 nitrogen and oxygen atoms in total. The first kappa shape index (κ1) is 17.8. The first-order valence-corrected chi connectivity index (χ1v) is 9.54. The molecule has 0 bridgehead atoms. The molecular formula is C17H11F3N4OS2. The number of thiazole rings is 1. The molecule has 0 saturated carbocycles. The quantitative estimate of drug-likeness (QED) is 0.382. The van der Waals surface area contributed by atoms with Gasteiger partial charge in [0.15, 0.2) is 27.7 Å². The van der Waals surface area contributed by atoms with Gasteiger partial charge in [-0.25, -0.2) is 23.1 Å². The van der Waals surface area contributed by atoms with E-state index in [1.165, 1.54) is 11.8 Å². The number of fused-ring (bicyclic) bond motifs is 2. The van der Waals surface area contributed by atoms with E-state index in [0.717, 1.165) is 34.0 Å². The van der Waals surface area contributed by atoms with E-state index in [-0.39, 0.29) is 21.1 Å². The Balaban J connectivity index is 1.45. The van der Waals surface area contributed by atoms with E-state index >= 15 is 0 Å². The molecule has 0 saturated heterocycles. The van der Waals surface area contributed by atoms with Crippen LogP contribution in [-0.4, -0.2) is 26.6 Å². The Morgan fingerprint density at radius 3 is 2.85 bits per heavy atom. The Labute approximate surface area is 159 Å². The standard InChI is InChI=1S/C17H11F3N4OS2/c1-7-2-3-9-10(4-7)22-16(21-9)26-6-12(25)23-17-24-15-11(27-17)5-8(18)13(19)14(15)20/h2-5H,6H2,1H3,(H,21,22)(H,23,24,25). The van der Waals surface area contributed by atoms with Crippen LogP contribution < -0.4 is 5.32 Å². The van der Waals surface area contributed by atoms with Gasteiger partial charge in [-0.3, -0.25) is 4.79 Å². The molecule has 0 atom stereocenters. The number of carbonyl (C=O) groups excluding carboxylic acids is 1. The lowest BCUT2D eigenvalue weighted by molar-refractivity contribution is -0.113. The maximum atomic E-state index is 13.7. The van der Waals surface area contributed by atoms with Crippen molar-refractivity contribution in [2.24, 2.45) is 0 Å². The van der Waals surface area contributed by atoms with Crippen LogP contribution in [0.1, 0.15) is 5.56 Å². The van der Waals surface area contributed by atoms with E-state index in [9.17, 15) is 18.0 Å². The van der Waals surface area contributed by atoms with Crippen molar-refractivity contribution in [3.63, 3.8) is 0 Å². The molecule has 1 amide bonds. The highest BCUT2D eigenvalue weighted by atomic mass is 32.2. The zero-order chi connectivity index (χ0) is 19.1. The van der Waals surface area contributed by atoms with Gasteiger partial charge in [0.1, 0.15) is 5.52 Å². The number of benzene rings is 2. The maximum Gasteiger partial charge on any atom is 0.236 e. The monoisotopic (exact) mass is 408 g/mol. The van der Waals surface area contributed by atoms with Crippen LogP contribution in [0.2, 0.25) is 0 Å². The van der Waals surface area contributed by atoms with Crippen molar-refractivity contribution in [2.75, 3.05) is 11.1 Å². The smallest absolute Gasteiger partial charge is 0.236 e. The summed E-state index contributed by atoms with van der Waals surface area (Å²) in [5.41, 5.74) is 2.46. The minimum Gasteiger partial charge on any atom is -0.333 e. The summed E-state index contributed by atoms with van der Waals surface area (Å²) in [6.45, 7) is 1.97. The van der Waals surface area contributed by atoms with Crippen LogP contribution in [-0.2, 0) is 4.79 Å². The van der Waals surface area contributed by atoms with Gasteiger partial charge >= 0.3 is 0 Å². The molecule has 138 valence electrons. The molecule has 0 unspecified atom stereocenters. The van der Waals surface area contributed by atoms with Crippen LogP contribution in [0.25, 0.3) is 21.3 Å². The van der Waals surface area contributed by atoms with E-state index in [2.05, 4.69) is 20.3 Å². The largest absolute Gasteiger partial charge is 0.333 e. The molecule has 2 heterocycles. The third kappa shape index (κ3) is 3.50. The van der Waals surface area contributed by atoms with Crippen LogP contribution in [0.5, 0.6) is 0 Å². The summed E-state index contributed by atoms with van der Waals surface area (Å²) in [6, 6.07) is 6.65. The third-order valence-corrected chi connectivity index (χ3v) is 5.51. The van der Waals surface area contributed by atoms with Gasteiger partial charge in [0.05, 0.1) is 21.5 Å². The highest BCUT2D eigenvalue weighted by Crippen LogP contribution is 2.30. The Morgan fingerprint density at radius 2 is 2.04 bits per heavy atom. The van der Waals surface area contributed by atoms with Crippen LogP contribution in [0.3, 0.4) is 0 Å². The van der Waals surface area contributed by atoms with E-state index in [0.29, 0.717) is 5.16 Å². The minimum atomic E-state index is -1.58. The fourth-order valence-corrected chi connectivity index (χ4v) is 4.07. The van der Waals surface area contributed by atoms with Crippen molar-refractivity contribution >= 4 is 55.4 Å². The summed E-state index contributed by atoms with van der Waals surface area (Å²) in [6.07, 6.45) is 0. The van der Waals surface area contributed by atoms with Crippen LogP contribution in [0.4, 0.5) is 18.3 Å². The Hall–Kier alpha value is -2.59. The molecule has 4 aromatic rings. The van der Waals surface area contributed by atoms with Gasteiger partial charge in [-0.15, -0.1) is 0 Å². The van der Waals surface area contributed by atoms with Gasteiger partial charge in [-0.2, -0.15) is 0 Å². The molecule has 0 fully saturated rings. The van der Waals surface area contributed by atoms with Crippen molar-refractivity contribution < 1.29 is 18.0 Å². The number of aryl methyl sites for hydroxylation is 1. The number of carbonyl (C=O) groups is 1. The molecule has 2 aromatic heterocycles. The Morgan fingerprint density at radius 1 is 1.22 bits per heavy atom. The van der Waals surface area contributed by atoms with Crippen molar-refractivity contribution in [3.05, 3.63) is 47.3 Å². The molecule has 10 heteroatoms. The molecule has 0 aliphatic rings. The normalized spacial score (nSPS) is 11.4. The summed E-state index contributed by atoms with van der Waals surface area (Å²) < 4.78 is 40.4. The number of imidazole rings is 1. The third-order valence-electron chi connectivity index (χ3n) is 3.72. The highest BCUT2D eigenvalue weighted by Gasteiger charge is 2.18. The van der Waals surface area contributed by atoms with Gasteiger partial charge in [0.25, 0.3) is 0 Å². The minimum absolute atomic E-state index is 0.0416. The summed E-state index contributed by atoms with van der Waals surface area (Å²) in [5, 5.41) is 3.16. The summed E-state index contributed by atoms with van der Waals surface area (Å²) in [7, 11) is 0. The molecule has 27 heavy (non-hydrogen) atoms. The second-order valence-corrected chi connectivity index (χ2v) is 7.75. The summed E-state index contributed by atoms with van der Waals surface area (Å²) in [5.74, 6) is -4.59. The van der Waals surface area contributed by atoms with E-state index in [4.69, 9.17) is 0 Å². The van der Waals surface area contributed by atoms with E-state index in [1.54, 1.807) is 0 Å². The Bertz CT molecular complexity index is 1190. The maximum absolute atomic E-state index is 13.7. The second-order valence-electron chi connectivity index (χ2n) is 5.75. The van der Waals surface area contributed by atoms with Crippen LogP contribution in [0.15, 0.2) is 29.4 Å². The number of halogens is 3. The molecule has 0 spiro atoms. The van der Waals surface area contributed by atoms with Crippen molar-refractivity contribution in [3.8, 4) is 0 Å². The number of nitrogens with zero attached hydrogens (tertiary/aromatic N) is 2. The Kier molecular flexibility index (Phi) is 4.52. The molecule has 4 rings (SSSR count). The summed E-state index contributed by atoms with van der Waals surface area (Å²) >= 11 is 2.07. The molecule has 0 aliphatic heterocycles. The molecule has 2 aromatic carbocycles. The highest BCUT2D eigenvalue weighted by molar-refractivity contribution is 7.99. The predicted octanol–water partition coefficient (Wildman–Crippen LogP) is 4.63. The number of hydrogen-bond acceptors (Lipinski definition) is 5. The number of hydrogen-bond donors (Lipinski definition) is 2. The predicted molar refractivity (Wildman–Crippen MR) is 99.7 cm³/mol. The van der Waals surface area contributed by atoms with Gasteiger partial charge < -0.3 is 10.3 Å². The second kappa shape index (κ2) is 6.86. The van der Waals surface area contributed by atoms with Crippen molar-refractivity contribution in [2.45, 2.75) is 12.1 Å².